The molecule has 0 amide bonds. The van der Waals surface area contributed by atoms with Crippen molar-refractivity contribution < 1.29 is 30.7 Å². The van der Waals surface area contributed by atoms with Crippen molar-refractivity contribution in [3.05, 3.63) is 52.3 Å². The molecule has 0 fully saturated rings. The zero-order chi connectivity index (χ0) is 18.3. The van der Waals surface area contributed by atoms with Crippen LogP contribution in [-0.2, 0) is 20.1 Å². The lowest BCUT2D eigenvalue weighted by atomic mass is 10.0. The number of nitrogens with zero attached hydrogens (tertiary/aromatic N) is 1. The summed E-state index contributed by atoms with van der Waals surface area (Å²) in [5.41, 5.74) is -2.59. The fourth-order valence-electron chi connectivity index (χ4n) is 2.13. The molecule has 0 radical (unpaired) electrons. The van der Waals surface area contributed by atoms with Crippen molar-refractivity contribution in [2.75, 3.05) is 0 Å². The van der Waals surface area contributed by atoms with E-state index in [1.54, 1.807) is 0 Å². The van der Waals surface area contributed by atoms with E-state index in [-0.39, 0.29) is 0 Å². The molecule has 0 aromatic heterocycles. The Morgan fingerprint density at radius 3 is 2.08 bits per heavy atom. The molecule has 0 saturated heterocycles. The number of para-hydroxylation sites is 1. The third kappa shape index (κ3) is 3.26. The zero-order valence-corrected chi connectivity index (χ0v) is 13.2. The van der Waals surface area contributed by atoms with Gasteiger partial charge in [-0.2, -0.15) is 12.8 Å². The van der Waals surface area contributed by atoms with Crippen LogP contribution in [0.15, 0.2) is 46.2 Å². The summed E-state index contributed by atoms with van der Waals surface area (Å²) in [4.78, 5) is 8.20. The molecule has 0 saturated carbocycles. The molecule has 128 valence electrons. The number of nitro groups is 1. The van der Waals surface area contributed by atoms with Gasteiger partial charge in [-0.25, -0.2) is 13.6 Å². The van der Waals surface area contributed by atoms with Crippen LogP contribution in [0.2, 0.25) is 0 Å². The Morgan fingerprint density at radius 2 is 1.58 bits per heavy atom. The van der Waals surface area contributed by atoms with Crippen LogP contribution < -0.4 is 5.14 Å². The summed E-state index contributed by atoms with van der Waals surface area (Å²) >= 11 is 0. The van der Waals surface area contributed by atoms with Crippen LogP contribution >= 0.6 is 0 Å². The fraction of sp³-hybridized carbons (Fsp3) is 0. The van der Waals surface area contributed by atoms with Gasteiger partial charge in [0.25, 0.3) is 10.1 Å². The Morgan fingerprint density at radius 1 is 1.04 bits per heavy atom. The van der Waals surface area contributed by atoms with Gasteiger partial charge in [-0.3, -0.25) is 14.7 Å². The van der Waals surface area contributed by atoms with Crippen molar-refractivity contribution in [2.24, 2.45) is 5.14 Å². The second kappa shape index (κ2) is 5.90. The minimum Gasteiger partial charge on any atom is -0.282 e. The Labute approximate surface area is 135 Å². The molecule has 2 rings (SSSR count). The van der Waals surface area contributed by atoms with Crippen molar-refractivity contribution in [3.8, 4) is 11.1 Å². The van der Waals surface area contributed by atoms with Crippen LogP contribution in [0.3, 0.4) is 0 Å². The van der Waals surface area contributed by atoms with E-state index >= 15 is 0 Å². The third-order valence-electron chi connectivity index (χ3n) is 3.01. The zero-order valence-electron chi connectivity index (χ0n) is 11.6. The predicted molar refractivity (Wildman–Crippen MR) is 79.7 cm³/mol. The summed E-state index contributed by atoms with van der Waals surface area (Å²) in [5.74, 6) is -1.32. The van der Waals surface area contributed by atoms with E-state index in [1.165, 1.54) is 0 Å². The molecule has 2 aromatic rings. The average Bonchev–Trinajstić information content (AvgIpc) is 2.43. The molecule has 0 bridgehead atoms. The molecule has 9 nitrogen and oxygen atoms in total. The molecule has 0 unspecified atom stereocenters. The van der Waals surface area contributed by atoms with Gasteiger partial charge in [-0.15, -0.1) is 0 Å². The third-order valence-corrected chi connectivity index (χ3v) is 4.86. The molecule has 0 aliphatic carbocycles. The molecule has 3 N–H and O–H groups in total. The van der Waals surface area contributed by atoms with Crippen LogP contribution in [0.4, 0.5) is 10.1 Å². The highest BCUT2D eigenvalue weighted by Gasteiger charge is 2.30. The highest BCUT2D eigenvalue weighted by atomic mass is 32.2. The number of hydrogen-bond donors (Lipinski definition) is 2. The lowest BCUT2D eigenvalue weighted by molar-refractivity contribution is -0.386. The van der Waals surface area contributed by atoms with Crippen molar-refractivity contribution in [2.45, 2.75) is 9.79 Å². The molecule has 0 heterocycles. The average molecular weight is 376 g/mol. The van der Waals surface area contributed by atoms with E-state index in [0.29, 0.717) is 0 Å². The van der Waals surface area contributed by atoms with Crippen LogP contribution in [0.5, 0.6) is 0 Å². The smallest absolute Gasteiger partial charge is 0.282 e. The number of benzene rings is 2. The standard InChI is InChI=1S/C12H9FN2O7S2/c13-8-4-1-3-7(12(8)15(16)17)11-9(23(14,18)19)5-2-6-10(11)24(20,21)22/h1-6H,(H2,14,18,19)(H,20,21,22). The maximum atomic E-state index is 13.8. The maximum Gasteiger partial charge on any atom is 0.312 e. The fourth-order valence-corrected chi connectivity index (χ4v) is 3.70. The summed E-state index contributed by atoms with van der Waals surface area (Å²) < 4.78 is 69.6. The number of sulfonamides is 1. The summed E-state index contributed by atoms with van der Waals surface area (Å²) in [6.07, 6.45) is 0. The minimum atomic E-state index is -4.98. The first-order valence-electron chi connectivity index (χ1n) is 6.01. The number of halogens is 1. The summed E-state index contributed by atoms with van der Waals surface area (Å²) in [6.45, 7) is 0. The normalized spacial score (nSPS) is 12.1. The Hall–Kier alpha value is -2.41. The number of nitrogens with two attached hydrogens (primary N) is 1. The van der Waals surface area contributed by atoms with Crippen LogP contribution in [0.25, 0.3) is 11.1 Å². The van der Waals surface area contributed by atoms with E-state index < -0.39 is 57.5 Å². The molecule has 0 aliphatic heterocycles. The lowest BCUT2D eigenvalue weighted by Crippen LogP contribution is -2.15. The number of hydrogen-bond acceptors (Lipinski definition) is 6. The first-order chi connectivity index (χ1) is 10.9. The highest BCUT2D eigenvalue weighted by molar-refractivity contribution is 7.89. The number of nitro benzene ring substituents is 1. The monoisotopic (exact) mass is 376 g/mol. The molecule has 24 heavy (non-hydrogen) atoms. The van der Waals surface area contributed by atoms with Gasteiger partial charge in [0.1, 0.15) is 4.90 Å². The van der Waals surface area contributed by atoms with Gasteiger partial charge in [0.15, 0.2) is 0 Å². The van der Waals surface area contributed by atoms with Gasteiger partial charge in [0.05, 0.1) is 15.4 Å². The van der Waals surface area contributed by atoms with Gasteiger partial charge >= 0.3 is 5.69 Å². The van der Waals surface area contributed by atoms with Crippen molar-refractivity contribution >= 4 is 25.8 Å². The van der Waals surface area contributed by atoms with Gasteiger partial charge in [-0.05, 0) is 24.3 Å². The molecular weight excluding hydrogens is 367 g/mol. The topological polar surface area (TPSA) is 158 Å². The van der Waals surface area contributed by atoms with Gasteiger partial charge in [0, 0.05) is 5.56 Å². The van der Waals surface area contributed by atoms with Crippen molar-refractivity contribution in [1.82, 2.24) is 0 Å². The van der Waals surface area contributed by atoms with Crippen LogP contribution in [0.1, 0.15) is 0 Å². The van der Waals surface area contributed by atoms with E-state index in [2.05, 4.69) is 0 Å². The van der Waals surface area contributed by atoms with Crippen molar-refractivity contribution in [1.29, 1.82) is 0 Å². The van der Waals surface area contributed by atoms with E-state index in [1.807, 2.05) is 0 Å². The summed E-state index contributed by atoms with van der Waals surface area (Å²) in [7, 11) is -9.53. The summed E-state index contributed by atoms with van der Waals surface area (Å²) in [6, 6.07) is 5.37. The second-order valence-electron chi connectivity index (χ2n) is 4.54. The largest absolute Gasteiger partial charge is 0.312 e. The molecular formula is C12H9FN2O7S2. The molecule has 0 atom stereocenters. The molecule has 0 aliphatic rings. The van der Waals surface area contributed by atoms with Crippen LogP contribution in [0, 0.1) is 15.9 Å². The van der Waals surface area contributed by atoms with E-state index in [0.717, 1.165) is 36.4 Å². The first-order valence-corrected chi connectivity index (χ1v) is 9.00. The van der Waals surface area contributed by atoms with Gasteiger partial charge in [0.2, 0.25) is 15.8 Å². The number of primary sulfonamides is 1. The SMILES string of the molecule is NS(=O)(=O)c1cccc(S(=O)(=O)O)c1-c1cccc(F)c1[N+](=O)[O-]. The molecule has 12 heteroatoms. The van der Waals surface area contributed by atoms with Gasteiger partial charge in [-0.1, -0.05) is 12.1 Å². The van der Waals surface area contributed by atoms with E-state index in [9.17, 15) is 35.9 Å². The number of rotatable bonds is 4. The first kappa shape index (κ1) is 17.9. The molecule has 0 spiro atoms. The van der Waals surface area contributed by atoms with E-state index in [4.69, 9.17) is 5.14 Å². The van der Waals surface area contributed by atoms with Crippen LogP contribution in [-0.4, -0.2) is 26.3 Å². The lowest BCUT2D eigenvalue weighted by Gasteiger charge is -2.12. The van der Waals surface area contributed by atoms with Gasteiger partial charge < -0.3 is 0 Å². The quantitative estimate of drug-likeness (QED) is 0.462. The Bertz CT molecular complexity index is 999. The second-order valence-corrected chi connectivity index (χ2v) is 7.46. The Kier molecular flexibility index (Phi) is 4.41. The summed E-state index contributed by atoms with van der Waals surface area (Å²) in [5, 5.41) is 16.1. The highest BCUT2D eigenvalue weighted by Crippen LogP contribution is 2.39. The minimum absolute atomic E-state index is 0.655. The maximum absolute atomic E-state index is 13.8. The Balaban J connectivity index is 3.10. The van der Waals surface area contributed by atoms with Crippen molar-refractivity contribution in [3.63, 3.8) is 0 Å². The molecule has 2 aromatic carbocycles. The predicted octanol–water partition coefficient (Wildman–Crippen LogP) is 1.30.